The van der Waals surface area contributed by atoms with Crippen molar-refractivity contribution in [1.29, 1.82) is 0 Å². The molecule has 0 saturated carbocycles. The van der Waals surface area contributed by atoms with Gasteiger partial charge in [0.05, 0.1) is 24.7 Å². The second kappa shape index (κ2) is 11.1. The van der Waals surface area contributed by atoms with Crippen molar-refractivity contribution in [2.45, 2.75) is 18.7 Å². The van der Waals surface area contributed by atoms with Crippen molar-refractivity contribution in [3.8, 4) is 11.5 Å². The zero-order valence-corrected chi connectivity index (χ0v) is 20.5. The van der Waals surface area contributed by atoms with Gasteiger partial charge in [0.25, 0.3) is 5.91 Å². The molecule has 0 spiro atoms. The number of aryl methyl sites for hydroxylation is 2. The predicted octanol–water partition coefficient (Wildman–Crippen LogP) is 2.66. The summed E-state index contributed by atoms with van der Waals surface area (Å²) in [5.74, 6) is 0.915. The maximum Gasteiger partial charge on any atom is 0.258 e. The number of nitrogens with one attached hydrogen (secondary N) is 1. The fourth-order valence-electron chi connectivity index (χ4n) is 3.19. The number of nitrogens with zero attached hydrogens (tertiary/aromatic N) is 1. The van der Waals surface area contributed by atoms with Crippen LogP contribution < -0.4 is 14.8 Å². The van der Waals surface area contributed by atoms with Crippen LogP contribution in [0, 0.1) is 13.8 Å². The van der Waals surface area contributed by atoms with Gasteiger partial charge >= 0.3 is 0 Å². The molecule has 0 unspecified atom stereocenters. The summed E-state index contributed by atoms with van der Waals surface area (Å²) in [6.07, 6.45) is 0. The first-order valence-corrected chi connectivity index (χ1v) is 12.5. The van der Waals surface area contributed by atoms with Gasteiger partial charge in [0.15, 0.2) is 6.61 Å². The maximum absolute atomic E-state index is 12.6. The highest BCUT2D eigenvalue weighted by Gasteiger charge is 2.26. The molecule has 0 bridgehead atoms. The molecule has 1 heterocycles. The van der Waals surface area contributed by atoms with Crippen LogP contribution in [0.1, 0.15) is 11.1 Å². The van der Waals surface area contributed by atoms with E-state index in [-0.39, 0.29) is 24.0 Å². The first kappa shape index (κ1) is 24.5. The lowest BCUT2D eigenvalue weighted by molar-refractivity contribution is -0.123. The summed E-state index contributed by atoms with van der Waals surface area (Å²) in [7, 11) is -3.53. The molecule has 2 aromatic carbocycles. The molecule has 174 valence electrons. The fraction of sp³-hybridized carbons (Fsp3) is 0.409. The normalized spacial score (nSPS) is 14.7. The molecule has 1 N–H and O–H groups in total. The van der Waals surface area contributed by atoms with Crippen LogP contribution in [0.3, 0.4) is 0 Å². The molecule has 0 aliphatic carbocycles. The van der Waals surface area contributed by atoms with Crippen molar-refractivity contribution in [2.24, 2.45) is 0 Å². The summed E-state index contributed by atoms with van der Waals surface area (Å²) in [5, 5.41) is 2.73. The van der Waals surface area contributed by atoms with Crippen molar-refractivity contribution in [3.63, 3.8) is 0 Å². The van der Waals surface area contributed by atoms with Crippen LogP contribution in [0.15, 0.2) is 45.8 Å². The third-order valence-electron chi connectivity index (χ3n) is 4.90. The molecular formula is C22H27BrN2O6S. The fourth-order valence-corrected chi connectivity index (χ4v) is 4.83. The van der Waals surface area contributed by atoms with E-state index < -0.39 is 10.0 Å². The van der Waals surface area contributed by atoms with Gasteiger partial charge in [-0.25, -0.2) is 8.42 Å². The minimum Gasteiger partial charge on any atom is -0.492 e. The summed E-state index contributed by atoms with van der Waals surface area (Å²) in [6, 6.07) is 10.0. The summed E-state index contributed by atoms with van der Waals surface area (Å²) in [6.45, 7) is 5.90. The number of carbonyl (C=O) groups is 1. The molecular weight excluding hydrogens is 500 g/mol. The highest BCUT2D eigenvalue weighted by atomic mass is 79.9. The van der Waals surface area contributed by atoms with Crippen LogP contribution in [0.5, 0.6) is 11.5 Å². The van der Waals surface area contributed by atoms with Crippen molar-refractivity contribution in [2.75, 3.05) is 46.1 Å². The highest BCUT2D eigenvalue weighted by molar-refractivity contribution is 9.10. The van der Waals surface area contributed by atoms with Gasteiger partial charge in [-0.2, -0.15) is 4.31 Å². The molecule has 1 aliphatic heterocycles. The Kier molecular flexibility index (Phi) is 8.52. The molecule has 1 saturated heterocycles. The van der Waals surface area contributed by atoms with E-state index in [1.165, 1.54) is 16.4 Å². The summed E-state index contributed by atoms with van der Waals surface area (Å²) in [5.41, 5.74) is 2.08. The van der Waals surface area contributed by atoms with Gasteiger partial charge in [-0.15, -0.1) is 0 Å². The number of morpholine rings is 1. The van der Waals surface area contributed by atoms with Crippen LogP contribution in [0.2, 0.25) is 0 Å². The summed E-state index contributed by atoms with van der Waals surface area (Å²) < 4.78 is 44.0. The molecule has 32 heavy (non-hydrogen) atoms. The number of amides is 1. The standard InChI is InChI=1S/C22H27BrN2O6S/c1-16-13-19(14-17(2)22(16)23)31-15-21(26)24-7-10-30-18-3-5-20(6-4-18)32(27,28)25-8-11-29-12-9-25/h3-6,13-14H,7-12,15H2,1-2H3,(H,24,26). The third kappa shape index (κ3) is 6.44. The number of hydrogen-bond donors (Lipinski definition) is 1. The largest absolute Gasteiger partial charge is 0.492 e. The number of halogens is 1. The SMILES string of the molecule is Cc1cc(OCC(=O)NCCOc2ccc(S(=O)(=O)N3CCOCC3)cc2)cc(C)c1Br. The Bertz CT molecular complexity index is 1010. The third-order valence-corrected chi connectivity index (χ3v) is 8.07. The monoisotopic (exact) mass is 526 g/mol. The second-order valence-corrected chi connectivity index (χ2v) is 10.1. The molecule has 1 aliphatic rings. The van der Waals surface area contributed by atoms with E-state index >= 15 is 0 Å². The Morgan fingerprint density at radius 3 is 2.31 bits per heavy atom. The van der Waals surface area contributed by atoms with Crippen LogP contribution in [-0.4, -0.2) is 64.7 Å². The van der Waals surface area contributed by atoms with Gasteiger partial charge < -0.3 is 19.5 Å². The Balaban J connectivity index is 1.40. The average molecular weight is 527 g/mol. The van der Waals surface area contributed by atoms with Crippen molar-refractivity contribution in [1.82, 2.24) is 9.62 Å². The van der Waals surface area contributed by atoms with Crippen LogP contribution in [-0.2, 0) is 19.6 Å². The lowest BCUT2D eigenvalue weighted by Crippen LogP contribution is -2.40. The van der Waals surface area contributed by atoms with Crippen LogP contribution in [0.25, 0.3) is 0 Å². The van der Waals surface area contributed by atoms with Crippen molar-refractivity contribution in [3.05, 3.63) is 52.0 Å². The number of rotatable bonds is 9. The lowest BCUT2D eigenvalue weighted by Gasteiger charge is -2.26. The zero-order valence-electron chi connectivity index (χ0n) is 18.1. The first-order valence-electron chi connectivity index (χ1n) is 10.2. The average Bonchev–Trinajstić information content (AvgIpc) is 2.79. The summed E-state index contributed by atoms with van der Waals surface area (Å²) >= 11 is 3.50. The Hall–Kier alpha value is -2.14. The topological polar surface area (TPSA) is 94.2 Å². The van der Waals surface area contributed by atoms with Gasteiger partial charge in [-0.1, -0.05) is 15.9 Å². The lowest BCUT2D eigenvalue weighted by atomic mass is 10.1. The van der Waals surface area contributed by atoms with Gasteiger partial charge in [-0.3, -0.25) is 4.79 Å². The number of benzene rings is 2. The predicted molar refractivity (Wildman–Crippen MR) is 124 cm³/mol. The quantitative estimate of drug-likeness (QED) is 0.504. The number of ether oxygens (including phenoxy) is 3. The Labute approximate surface area is 197 Å². The molecule has 0 radical (unpaired) electrons. The van der Waals surface area contributed by atoms with Crippen LogP contribution >= 0.6 is 15.9 Å². The minimum atomic E-state index is -3.53. The highest BCUT2D eigenvalue weighted by Crippen LogP contribution is 2.26. The number of sulfonamides is 1. The number of hydrogen-bond acceptors (Lipinski definition) is 6. The smallest absolute Gasteiger partial charge is 0.258 e. The first-order chi connectivity index (χ1) is 15.3. The molecule has 0 aromatic heterocycles. The van der Waals surface area contributed by atoms with E-state index in [9.17, 15) is 13.2 Å². The summed E-state index contributed by atoms with van der Waals surface area (Å²) in [4.78, 5) is 12.2. The molecule has 10 heteroatoms. The maximum atomic E-state index is 12.6. The van der Waals surface area contributed by atoms with Gasteiger partial charge in [0.1, 0.15) is 18.1 Å². The molecule has 1 fully saturated rings. The second-order valence-electron chi connectivity index (χ2n) is 7.35. The zero-order chi connectivity index (χ0) is 23.1. The van der Waals surface area contributed by atoms with E-state index in [1.807, 2.05) is 26.0 Å². The van der Waals surface area contributed by atoms with E-state index in [2.05, 4.69) is 21.2 Å². The van der Waals surface area contributed by atoms with E-state index in [1.54, 1.807) is 12.1 Å². The molecule has 0 atom stereocenters. The molecule has 3 rings (SSSR count). The minimum absolute atomic E-state index is 0.0887. The Morgan fingerprint density at radius 1 is 1.06 bits per heavy atom. The van der Waals surface area contributed by atoms with Gasteiger partial charge in [0.2, 0.25) is 10.0 Å². The van der Waals surface area contributed by atoms with Crippen LogP contribution in [0.4, 0.5) is 0 Å². The van der Waals surface area contributed by atoms with Crippen molar-refractivity contribution < 1.29 is 27.4 Å². The Morgan fingerprint density at radius 2 is 1.69 bits per heavy atom. The molecule has 8 nitrogen and oxygen atoms in total. The number of carbonyl (C=O) groups excluding carboxylic acids is 1. The van der Waals surface area contributed by atoms with E-state index in [0.29, 0.717) is 44.3 Å². The van der Waals surface area contributed by atoms with Crippen molar-refractivity contribution >= 4 is 31.9 Å². The molecule has 2 aromatic rings. The van der Waals surface area contributed by atoms with Gasteiger partial charge in [-0.05, 0) is 61.4 Å². The van der Waals surface area contributed by atoms with Gasteiger partial charge in [0, 0.05) is 17.6 Å². The van der Waals surface area contributed by atoms with E-state index in [0.717, 1.165) is 15.6 Å². The van der Waals surface area contributed by atoms with E-state index in [4.69, 9.17) is 14.2 Å². The molecule has 1 amide bonds.